The third-order valence-corrected chi connectivity index (χ3v) is 6.81. The number of anilines is 2. The van der Waals surface area contributed by atoms with Crippen LogP contribution in [-0.2, 0) is 16.0 Å². The Kier molecular flexibility index (Phi) is 7.64. The summed E-state index contributed by atoms with van der Waals surface area (Å²) in [5.74, 6) is -0.565. The summed E-state index contributed by atoms with van der Waals surface area (Å²) < 4.78 is 0. The van der Waals surface area contributed by atoms with Gasteiger partial charge in [-0.1, -0.05) is 53.8 Å². The van der Waals surface area contributed by atoms with Crippen LogP contribution in [0.2, 0.25) is 0 Å². The van der Waals surface area contributed by atoms with Gasteiger partial charge in [-0.2, -0.15) is 0 Å². The number of carbonyl (C=O) groups excluding carboxylic acids is 2. The van der Waals surface area contributed by atoms with E-state index in [1.165, 1.54) is 5.56 Å². The Hall–Kier alpha value is -3.59. The van der Waals surface area contributed by atoms with Crippen LogP contribution in [0.1, 0.15) is 59.5 Å². The molecule has 1 fully saturated rings. The quantitative estimate of drug-likeness (QED) is 0.431. The molecule has 2 aromatic carbocycles. The summed E-state index contributed by atoms with van der Waals surface area (Å²) in [5.41, 5.74) is 2.58. The topological polar surface area (TPSA) is 121 Å². The monoisotopic (exact) mass is 478 g/mol. The largest absolute Gasteiger partial charge is 0.481 e. The van der Waals surface area contributed by atoms with E-state index in [-0.39, 0.29) is 30.6 Å². The normalized spacial score (nSPS) is 17.6. The van der Waals surface area contributed by atoms with E-state index in [0.717, 1.165) is 42.6 Å². The fraction of sp³-hybridized carbons (Fsp3) is 0.320. The van der Waals surface area contributed by atoms with Crippen LogP contribution in [-0.4, -0.2) is 33.1 Å². The molecule has 0 aliphatic heterocycles. The third-order valence-electron chi connectivity index (χ3n) is 6.05. The maximum atomic E-state index is 12.6. The second-order valence-electron chi connectivity index (χ2n) is 8.51. The highest BCUT2D eigenvalue weighted by Crippen LogP contribution is 2.37. The minimum Gasteiger partial charge on any atom is -0.481 e. The number of carboxylic acid groups (broad SMARTS) is 1. The molecule has 0 bridgehead atoms. The average Bonchev–Trinajstić information content (AvgIpc) is 3.26. The molecule has 3 N–H and O–H groups in total. The highest BCUT2D eigenvalue weighted by Gasteiger charge is 2.24. The van der Waals surface area contributed by atoms with Gasteiger partial charge in [-0.25, -0.2) is 0 Å². The lowest BCUT2D eigenvalue weighted by Crippen LogP contribution is -2.16. The zero-order valence-electron chi connectivity index (χ0n) is 18.6. The van der Waals surface area contributed by atoms with Crippen LogP contribution in [0.15, 0.2) is 54.6 Å². The summed E-state index contributed by atoms with van der Waals surface area (Å²) in [5, 5.41) is 22.9. The van der Waals surface area contributed by atoms with Crippen molar-refractivity contribution >= 4 is 39.4 Å². The molecule has 2 amide bonds. The summed E-state index contributed by atoms with van der Waals surface area (Å²) in [6, 6.07) is 16.9. The lowest BCUT2D eigenvalue weighted by atomic mass is 9.77. The smallest absolute Gasteiger partial charge is 0.303 e. The zero-order valence-corrected chi connectivity index (χ0v) is 19.4. The number of nitrogens with one attached hydrogen (secondary N) is 2. The van der Waals surface area contributed by atoms with Crippen molar-refractivity contribution in [2.75, 3.05) is 10.6 Å². The van der Waals surface area contributed by atoms with Crippen LogP contribution in [0, 0.1) is 5.92 Å². The molecule has 0 radical (unpaired) electrons. The SMILES string of the molecule is O=C(O)C[C@H]1CC[C@H](c2ccc(C(=O)Nc3nnc(NC(=O)Cc4ccccc4)s3)cc2)CC1. The van der Waals surface area contributed by atoms with E-state index in [9.17, 15) is 14.4 Å². The number of aliphatic carboxylic acids is 1. The van der Waals surface area contributed by atoms with E-state index in [4.69, 9.17) is 5.11 Å². The number of aromatic nitrogens is 2. The van der Waals surface area contributed by atoms with Crippen LogP contribution in [0.25, 0.3) is 0 Å². The second kappa shape index (κ2) is 11.0. The van der Waals surface area contributed by atoms with Crippen molar-refractivity contribution < 1.29 is 19.5 Å². The predicted molar refractivity (Wildman–Crippen MR) is 130 cm³/mol. The standard InChI is InChI=1S/C25H26N4O4S/c30-21(14-16-4-2-1-3-5-16)26-24-28-29-25(34-24)27-23(33)20-12-10-19(11-13-20)18-8-6-17(7-9-18)15-22(31)32/h1-5,10-13,17-18H,6-9,14-15H2,(H,31,32)(H,26,28,30)(H,27,29,33)/t17-,18-. The first kappa shape index (κ1) is 23.6. The molecule has 8 nitrogen and oxygen atoms in total. The van der Waals surface area contributed by atoms with Crippen molar-refractivity contribution in [2.24, 2.45) is 5.92 Å². The number of hydrogen-bond donors (Lipinski definition) is 3. The lowest BCUT2D eigenvalue weighted by Gasteiger charge is -2.28. The van der Waals surface area contributed by atoms with Crippen molar-refractivity contribution in [2.45, 2.75) is 44.4 Å². The van der Waals surface area contributed by atoms with Crippen LogP contribution in [0.3, 0.4) is 0 Å². The van der Waals surface area contributed by atoms with Gasteiger partial charge in [-0.05, 0) is 60.8 Å². The van der Waals surface area contributed by atoms with Gasteiger partial charge in [-0.15, -0.1) is 10.2 Å². The van der Waals surface area contributed by atoms with Crippen molar-refractivity contribution in [3.8, 4) is 0 Å². The molecule has 0 unspecified atom stereocenters. The van der Waals surface area contributed by atoms with Crippen LogP contribution < -0.4 is 10.6 Å². The van der Waals surface area contributed by atoms with Crippen LogP contribution >= 0.6 is 11.3 Å². The molecular weight excluding hydrogens is 452 g/mol. The zero-order chi connectivity index (χ0) is 23.9. The number of carboxylic acids is 1. The van der Waals surface area contributed by atoms with Gasteiger partial charge >= 0.3 is 5.97 Å². The molecule has 0 atom stereocenters. The number of amides is 2. The number of carbonyl (C=O) groups is 3. The first-order valence-electron chi connectivity index (χ1n) is 11.3. The van der Waals surface area contributed by atoms with Gasteiger partial charge in [0.25, 0.3) is 5.91 Å². The summed E-state index contributed by atoms with van der Waals surface area (Å²) >= 11 is 1.10. The summed E-state index contributed by atoms with van der Waals surface area (Å²) in [6.07, 6.45) is 4.24. The van der Waals surface area contributed by atoms with Gasteiger partial charge < -0.3 is 10.4 Å². The van der Waals surface area contributed by atoms with Crippen molar-refractivity contribution in [3.05, 3.63) is 71.3 Å². The van der Waals surface area contributed by atoms with Gasteiger partial charge in [0.1, 0.15) is 0 Å². The Morgan fingerprint density at radius 2 is 1.53 bits per heavy atom. The molecule has 0 saturated heterocycles. The Bertz CT molecular complexity index is 1140. The fourth-order valence-corrected chi connectivity index (χ4v) is 4.95. The molecule has 34 heavy (non-hydrogen) atoms. The Balaban J connectivity index is 1.27. The lowest BCUT2D eigenvalue weighted by molar-refractivity contribution is -0.138. The maximum absolute atomic E-state index is 12.6. The van der Waals surface area contributed by atoms with Gasteiger partial charge in [-0.3, -0.25) is 19.7 Å². The predicted octanol–water partition coefficient (Wildman–Crippen LogP) is 4.72. The maximum Gasteiger partial charge on any atom is 0.303 e. The molecule has 4 rings (SSSR count). The Labute approximate surface area is 201 Å². The number of hydrogen-bond acceptors (Lipinski definition) is 6. The number of benzene rings is 2. The van der Waals surface area contributed by atoms with Gasteiger partial charge in [0.05, 0.1) is 6.42 Å². The summed E-state index contributed by atoms with van der Waals surface area (Å²) in [4.78, 5) is 35.7. The number of rotatable bonds is 8. The molecule has 1 aliphatic rings. The highest BCUT2D eigenvalue weighted by molar-refractivity contribution is 7.19. The third kappa shape index (κ3) is 6.48. The van der Waals surface area contributed by atoms with Gasteiger partial charge in [0, 0.05) is 12.0 Å². The van der Waals surface area contributed by atoms with E-state index in [2.05, 4.69) is 20.8 Å². The molecule has 1 saturated carbocycles. The van der Waals surface area contributed by atoms with Crippen molar-refractivity contribution in [1.82, 2.24) is 10.2 Å². The molecular formula is C25H26N4O4S. The molecule has 3 aromatic rings. The van der Waals surface area contributed by atoms with Crippen molar-refractivity contribution in [3.63, 3.8) is 0 Å². The summed E-state index contributed by atoms with van der Waals surface area (Å²) in [7, 11) is 0. The Morgan fingerprint density at radius 1 is 0.882 bits per heavy atom. The minimum absolute atomic E-state index is 0.201. The first-order valence-corrected chi connectivity index (χ1v) is 12.1. The Morgan fingerprint density at radius 3 is 2.18 bits per heavy atom. The van der Waals surface area contributed by atoms with E-state index >= 15 is 0 Å². The van der Waals surface area contributed by atoms with Crippen LogP contribution in [0.5, 0.6) is 0 Å². The van der Waals surface area contributed by atoms with E-state index in [1.807, 2.05) is 42.5 Å². The summed E-state index contributed by atoms with van der Waals surface area (Å²) in [6.45, 7) is 0. The molecule has 1 aliphatic carbocycles. The molecule has 176 valence electrons. The van der Waals surface area contributed by atoms with E-state index in [1.54, 1.807) is 12.1 Å². The average molecular weight is 479 g/mol. The first-order chi connectivity index (χ1) is 16.5. The van der Waals surface area contributed by atoms with Crippen LogP contribution in [0.4, 0.5) is 10.3 Å². The van der Waals surface area contributed by atoms with Crippen molar-refractivity contribution in [1.29, 1.82) is 0 Å². The molecule has 9 heteroatoms. The molecule has 1 heterocycles. The molecule has 1 aromatic heterocycles. The fourth-order valence-electron chi connectivity index (χ4n) is 4.29. The molecule has 0 spiro atoms. The van der Waals surface area contributed by atoms with E-state index in [0.29, 0.717) is 21.7 Å². The highest BCUT2D eigenvalue weighted by atomic mass is 32.1. The minimum atomic E-state index is -0.726. The number of nitrogens with zero attached hydrogens (tertiary/aromatic N) is 2. The van der Waals surface area contributed by atoms with E-state index < -0.39 is 5.97 Å². The van der Waals surface area contributed by atoms with Gasteiger partial charge in [0.2, 0.25) is 16.2 Å². The second-order valence-corrected chi connectivity index (χ2v) is 9.49. The van der Waals surface area contributed by atoms with Gasteiger partial charge in [0.15, 0.2) is 0 Å².